The van der Waals surface area contributed by atoms with E-state index in [0.29, 0.717) is 18.1 Å². The van der Waals surface area contributed by atoms with Crippen molar-refractivity contribution in [3.8, 4) is 0 Å². The minimum atomic E-state index is -0.219. The van der Waals surface area contributed by atoms with Crippen molar-refractivity contribution in [2.24, 2.45) is 0 Å². The Hall–Kier alpha value is -2.04. The molecule has 0 aliphatic heterocycles. The van der Waals surface area contributed by atoms with Crippen molar-refractivity contribution in [1.29, 1.82) is 0 Å². The van der Waals surface area contributed by atoms with Crippen molar-refractivity contribution in [3.05, 3.63) is 48.2 Å². The molecule has 3 rings (SSSR count). The van der Waals surface area contributed by atoms with Crippen LogP contribution in [-0.2, 0) is 5.41 Å². The minimum absolute atomic E-state index is 0.205. The third-order valence-electron chi connectivity index (χ3n) is 3.75. The molecule has 1 aliphatic carbocycles. The second kappa shape index (κ2) is 4.91. The van der Waals surface area contributed by atoms with E-state index < -0.39 is 0 Å². The van der Waals surface area contributed by atoms with Crippen LogP contribution >= 0.6 is 0 Å². The van der Waals surface area contributed by atoms with Crippen LogP contribution in [0.2, 0.25) is 0 Å². The average Bonchev–Trinajstić information content (AvgIpc) is 2.41. The topological polar surface area (TPSA) is 50.7 Å². The predicted octanol–water partition coefficient (Wildman–Crippen LogP) is 2.54. The fourth-order valence-corrected chi connectivity index (χ4v) is 2.53. The summed E-state index contributed by atoms with van der Waals surface area (Å²) in [5.41, 5.74) is 0.362. The number of anilines is 1. The Bertz CT molecular complexity index is 554. The number of aromatic nitrogens is 3. The molecule has 0 unspecified atom stereocenters. The standard InChI is InChI=1S/C14H15FN4/c15-11-4-1-8-16-13(11)14(6-3-7-14)10-17-12-5-2-9-18-19-12/h1-2,4-5,8-9H,3,6-7,10H2,(H,17,19). The van der Waals surface area contributed by atoms with Crippen molar-refractivity contribution in [2.45, 2.75) is 24.7 Å². The minimum Gasteiger partial charge on any atom is -0.368 e. The van der Waals surface area contributed by atoms with E-state index in [-0.39, 0.29) is 11.2 Å². The smallest absolute Gasteiger partial charge is 0.148 e. The summed E-state index contributed by atoms with van der Waals surface area (Å²) < 4.78 is 13.9. The summed E-state index contributed by atoms with van der Waals surface area (Å²) in [7, 11) is 0. The van der Waals surface area contributed by atoms with Gasteiger partial charge in [0.1, 0.15) is 11.6 Å². The normalized spacial score (nSPS) is 16.7. The molecule has 2 heterocycles. The molecule has 0 saturated heterocycles. The Morgan fingerprint density at radius 2 is 2.05 bits per heavy atom. The van der Waals surface area contributed by atoms with Gasteiger partial charge in [-0.15, -0.1) is 5.10 Å². The second-order valence-corrected chi connectivity index (χ2v) is 4.93. The van der Waals surface area contributed by atoms with Crippen molar-refractivity contribution in [1.82, 2.24) is 15.2 Å². The summed E-state index contributed by atoms with van der Waals surface area (Å²) >= 11 is 0. The van der Waals surface area contributed by atoms with Gasteiger partial charge in [0.2, 0.25) is 0 Å². The fourth-order valence-electron chi connectivity index (χ4n) is 2.53. The van der Waals surface area contributed by atoms with Gasteiger partial charge in [-0.1, -0.05) is 6.42 Å². The highest BCUT2D eigenvalue weighted by molar-refractivity contribution is 5.35. The van der Waals surface area contributed by atoms with Crippen LogP contribution in [0, 0.1) is 5.82 Å². The number of nitrogens with one attached hydrogen (secondary N) is 1. The molecule has 5 heteroatoms. The number of pyridine rings is 1. The van der Waals surface area contributed by atoms with E-state index in [1.165, 1.54) is 6.07 Å². The molecule has 1 N–H and O–H groups in total. The predicted molar refractivity (Wildman–Crippen MR) is 70.2 cm³/mol. The fraction of sp³-hybridized carbons (Fsp3) is 0.357. The van der Waals surface area contributed by atoms with Crippen LogP contribution in [0.5, 0.6) is 0 Å². The molecule has 4 nitrogen and oxygen atoms in total. The summed E-state index contributed by atoms with van der Waals surface area (Å²) in [5, 5.41) is 11.0. The molecule has 0 aromatic carbocycles. The maximum absolute atomic E-state index is 13.9. The zero-order chi connectivity index (χ0) is 13.1. The first-order valence-corrected chi connectivity index (χ1v) is 6.43. The lowest BCUT2D eigenvalue weighted by Crippen LogP contribution is -2.42. The molecule has 98 valence electrons. The van der Waals surface area contributed by atoms with Gasteiger partial charge in [0.15, 0.2) is 0 Å². The molecular formula is C14H15FN4. The zero-order valence-corrected chi connectivity index (χ0v) is 10.5. The lowest BCUT2D eigenvalue weighted by atomic mass is 9.66. The second-order valence-electron chi connectivity index (χ2n) is 4.93. The number of rotatable bonds is 4. The summed E-state index contributed by atoms with van der Waals surface area (Å²) in [5.74, 6) is 0.494. The van der Waals surface area contributed by atoms with Gasteiger partial charge in [-0.25, -0.2) is 4.39 Å². The van der Waals surface area contributed by atoms with E-state index in [1.807, 2.05) is 12.1 Å². The first kappa shape index (κ1) is 12.0. The molecule has 0 spiro atoms. The van der Waals surface area contributed by atoms with Crippen molar-refractivity contribution >= 4 is 5.82 Å². The third-order valence-corrected chi connectivity index (χ3v) is 3.75. The van der Waals surface area contributed by atoms with Gasteiger partial charge in [-0.3, -0.25) is 4.98 Å². The summed E-state index contributed by atoms with van der Waals surface area (Å²) in [6.07, 6.45) is 6.30. The SMILES string of the molecule is Fc1cccnc1C1(CNc2cccnn2)CCC1. The molecule has 2 aromatic heterocycles. The number of hydrogen-bond acceptors (Lipinski definition) is 4. The summed E-state index contributed by atoms with van der Waals surface area (Å²) in [6.45, 7) is 0.639. The highest BCUT2D eigenvalue weighted by Crippen LogP contribution is 2.43. The van der Waals surface area contributed by atoms with E-state index in [0.717, 1.165) is 19.3 Å². The van der Waals surface area contributed by atoms with Gasteiger partial charge in [-0.2, -0.15) is 5.10 Å². The maximum Gasteiger partial charge on any atom is 0.148 e. The van der Waals surface area contributed by atoms with Crippen LogP contribution in [0.1, 0.15) is 25.0 Å². The van der Waals surface area contributed by atoms with Gasteiger partial charge in [-0.05, 0) is 37.1 Å². The molecule has 2 aromatic rings. The monoisotopic (exact) mass is 258 g/mol. The Kier molecular flexibility index (Phi) is 3.11. The summed E-state index contributed by atoms with van der Waals surface area (Å²) in [4.78, 5) is 4.23. The molecular weight excluding hydrogens is 243 g/mol. The van der Waals surface area contributed by atoms with E-state index in [1.54, 1.807) is 18.5 Å². The van der Waals surface area contributed by atoms with Crippen LogP contribution in [-0.4, -0.2) is 21.7 Å². The van der Waals surface area contributed by atoms with Crippen molar-refractivity contribution in [3.63, 3.8) is 0 Å². The van der Waals surface area contributed by atoms with Gasteiger partial charge in [0, 0.05) is 24.4 Å². The number of hydrogen-bond donors (Lipinski definition) is 1. The molecule has 1 fully saturated rings. The molecule has 0 atom stereocenters. The van der Waals surface area contributed by atoms with Crippen LogP contribution in [0.3, 0.4) is 0 Å². The average molecular weight is 258 g/mol. The first-order valence-electron chi connectivity index (χ1n) is 6.43. The van der Waals surface area contributed by atoms with Crippen molar-refractivity contribution < 1.29 is 4.39 Å². The largest absolute Gasteiger partial charge is 0.368 e. The van der Waals surface area contributed by atoms with Crippen LogP contribution in [0.4, 0.5) is 10.2 Å². The zero-order valence-electron chi connectivity index (χ0n) is 10.5. The number of nitrogens with zero attached hydrogens (tertiary/aromatic N) is 3. The molecule has 0 bridgehead atoms. The summed E-state index contributed by atoms with van der Waals surface area (Å²) in [6, 6.07) is 6.78. The molecule has 0 radical (unpaired) electrons. The van der Waals surface area contributed by atoms with Crippen LogP contribution in [0.15, 0.2) is 36.7 Å². The maximum atomic E-state index is 13.9. The van der Waals surface area contributed by atoms with E-state index in [9.17, 15) is 4.39 Å². The van der Waals surface area contributed by atoms with Crippen molar-refractivity contribution in [2.75, 3.05) is 11.9 Å². The molecule has 0 amide bonds. The highest BCUT2D eigenvalue weighted by Gasteiger charge is 2.41. The van der Waals surface area contributed by atoms with Crippen LogP contribution in [0.25, 0.3) is 0 Å². The molecule has 19 heavy (non-hydrogen) atoms. The Morgan fingerprint density at radius 3 is 2.68 bits per heavy atom. The van der Waals surface area contributed by atoms with Gasteiger partial charge >= 0.3 is 0 Å². The van der Waals surface area contributed by atoms with Gasteiger partial charge < -0.3 is 5.32 Å². The van der Waals surface area contributed by atoms with E-state index in [4.69, 9.17) is 0 Å². The third kappa shape index (κ3) is 2.28. The Morgan fingerprint density at radius 1 is 1.21 bits per heavy atom. The van der Waals surface area contributed by atoms with Gasteiger partial charge in [0.25, 0.3) is 0 Å². The molecule has 1 aliphatic rings. The Labute approximate surface area is 111 Å². The highest BCUT2D eigenvalue weighted by atomic mass is 19.1. The van der Waals surface area contributed by atoms with Gasteiger partial charge in [0.05, 0.1) is 5.69 Å². The van der Waals surface area contributed by atoms with Crippen LogP contribution < -0.4 is 5.32 Å². The lowest BCUT2D eigenvalue weighted by molar-refractivity contribution is 0.243. The lowest BCUT2D eigenvalue weighted by Gasteiger charge is -2.41. The first-order chi connectivity index (χ1) is 9.30. The number of halogens is 1. The molecule has 1 saturated carbocycles. The van der Waals surface area contributed by atoms with E-state index in [2.05, 4.69) is 20.5 Å². The van der Waals surface area contributed by atoms with E-state index >= 15 is 0 Å². The quantitative estimate of drug-likeness (QED) is 0.915. The Balaban J connectivity index is 1.79.